The number of aromatic nitrogens is 1. The third-order valence-corrected chi connectivity index (χ3v) is 5.79. The predicted octanol–water partition coefficient (Wildman–Crippen LogP) is 4.76. The van der Waals surface area contributed by atoms with Crippen LogP contribution in [0.15, 0.2) is 52.1 Å². The van der Waals surface area contributed by atoms with E-state index in [1.807, 2.05) is 50.2 Å². The molecule has 3 heterocycles. The molecule has 1 aromatic carbocycles. The molecule has 7 heteroatoms. The van der Waals surface area contributed by atoms with Crippen molar-refractivity contribution in [1.82, 2.24) is 9.58 Å². The lowest BCUT2D eigenvalue weighted by molar-refractivity contribution is -0.114. The highest BCUT2D eigenvalue weighted by atomic mass is 32.2. The number of nitrogens with zero attached hydrogens (tertiary/aromatic N) is 4. The Morgan fingerprint density at radius 2 is 1.93 bits per heavy atom. The number of para-hydroxylation sites is 1. The first-order chi connectivity index (χ1) is 13.8. The molecule has 148 valence electrons. The fourth-order valence-corrected chi connectivity index (χ4v) is 4.62. The summed E-state index contributed by atoms with van der Waals surface area (Å²) in [5.41, 5.74) is 4.30. The van der Waals surface area contributed by atoms with Gasteiger partial charge in [-0.15, -0.1) is 0 Å². The van der Waals surface area contributed by atoms with Crippen molar-refractivity contribution in [1.29, 1.82) is 5.41 Å². The number of carbonyl (C=O) groups is 1. The molecule has 0 spiro atoms. The Labute approximate surface area is 174 Å². The average Bonchev–Trinajstić information content (AvgIpc) is 3.18. The van der Waals surface area contributed by atoms with Gasteiger partial charge in [-0.05, 0) is 61.4 Å². The summed E-state index contributed by atoms with van der Waals surface area (Å²) >= 11 is 1.38. The monoisotopic (exact) mass is 405 g/mol. The Kier molecular flexibility index (Phi) is 5.00. The number of hydrazone groups is 1. The molecule has 1 amide bonds. The number of thioether (sulfide) groups is 1. The van der Waals surface area contributed by atoms with Gasteiger partial charge >= 0.3 is 0 Å². The fourth-order valence-electron chi connectivity index (χ4n) is 3.53. The van der Waals surface area contributed by atoms with E-state index >= 15 is 0 Å². The summed E-state index contributed by atoms with van der Waals surface area (Å²) in [4.78, 5) is 16.8. The van der Waals surface area contributed by atoms with Gasteiger partial charge in [-0.25, -0.2) is 0 Å². The van der Waals surface area contributed by atoms with Gasteiger partial charge in [-0.1, -0.05) is 32.0 Å². The molecule has 0 bridgehead atoms. The van der Waals surface area contributed by atoms with E-state index in [1.54, 1.807) is 6.08 Å². The molecule has 0 fully saturated rings. The van der Waals surface area contributed by atoms with Gasteiger partial charge in [0.2, 0.25) is 5.17 Å². The third-order valence-electron chi connectivity index (χ3n) is 4.86. The quantitative estimate of drug-likeness (QED) is 0.745. The highest BCUT2D eigenvalue weighted by Crippen LogP contribution is 2.31. The lowest BCUT2D eigenvalue weighted by Crippen LogP contribution is -2.35. The molecule has 2 aromatic rings. The van der Waals surface area contributed by atoms with Crippen molar-refractivity contribution in [3.05, 3.63) is 58.9 Å². The van der Waals surface area contributed by atoms with Crippen LogP contribution in [-0.4, -0.2) is 31.5 Å². The average molecular weight is 406 g/mol. The Bertz CT molecular complexity index is 1090. The summed E-state index contributed by atoms with van der Waals surface area (Å²) in [5, 5.41) is 15.9. The van der Waals surface area contributed by atoms with E-state index in [4.69, 9.17) is 5.41 Å². The number of amidine groups is 2. The number of rotatable bonds is 4. The zero-order valence-corrected chi connectivity index (χ0v) is 17.7. The summed E-state index contributed by atoms with van der Waals surface area (Å²) in [6.07, 6.45) is 2.56. The van der Waals surface area contributed by atoms with E-state index in [0.717, 1.165) is 34.1 Å². The van der Waals surface area contributed by atoms with Crippen molar-refractivity contribution >= 4 is 39.8 Å². The zero-order valence-electron chi connectivity index (χ0n) is 16.9. The summed E-state index contributed by atoms with van der Waals surface area (Å²) in [6.45, 7) is 8.29. The summed E-state index contributed by atoms with van der Waals surface area (Å²) < 4.78 is 2.14. The molecule has 6 nitrogen and oxygen atoms in total. The Morgan fingerprint density at radius 1 is 1.21 bits per heavy atom. The molecular weight excluding hydrogens is 382 g/mol. The predicted molar refractivity (Wildman–Crippen MR) is 120 cm³/mol. The molecule has 2 aliphatic rings. The second kappa shape index (κ2) is 7.48. The first-order valence-electron chi connectivity index (χ1n) is 9.58. The molecular formula is C22H23N5OS. The first-order valence-corrected chi connectivity index (χ1v) is 10.4. The molecule has 0 aliphatic carbocycles. The van der Waals surface area contributed by atoms with Crippen LogP contribution in [-0.2, 0) is 4.79 Å². The van der Waals surface area contributed by atoms with E-state index in [9.17, 15) is 4.79 Å². The highest BCUT2D eigenvalue weighted by Gasteiger charge is 2.35. The highest BCUT2D eigenvalue weighted by molar-refractivity contribution is 8.26. The number of hydrogen-bond donors (Lipinski definition) is 1. The van der Waals surface area contributed by atoms with Gasteiger partial charge in [0, 0.05) is 23.5 Å². The van der Waals surface area contributed by atoms with Crippen LogP contribution >= 0.6 is 11.8 Å². The summed E-state index contributed by atoms with van der Waals surface area (Å²) in [5.74, 6) is 0.140. The second-order valence-corrected chi connectivity index (χ2v) is 8.65. The Morgan fingerprint density at radius 3 is 2.62 bits per heavy atom. The normalized spacial score (nSPS) is 17.8. The van der Waals surface area contributed by atoms with Crippen molar-refractivity contribution in [2.45, 2.75) is 34.1 Å². The Balaban J connectivity index is 1.70. The number of aliphatic imine (C=N–C) groups is 1. The van der Waals surface area contributed by atoms with Crippen LogP contribution in [0.5, 0.6) is 0 Å². The molecule has 0 atom stereocenters. The number of hydrogen-bond acceptors (Lipinski definition) is 4. The molecule has 4 rings (SSSR count). The van der Waals surface area contributed by atoms with Gasteiger partial charge in [0.15, 0.2) is 5.84 Å². The third kappa shape index (κ3) is 3.58. The smallest absolute Gasteiger partial charge is 0.283 e. The van der Waals surface area contributed by atoms with Gasteiger partial charge in [-0.3, -0.25) is 10.2 Å². The topological polar surface area (TPSA) is 73.8 Å². The number of carbonyl (C=O) groups excluding carboxylic acids is 1. The number of fused-ring (bicyclic) bond motifs is 1. The maximum Gasteiger partial charge on any atom is 0.283 e. The lowest BCUT2D eigenvalue weighted by atomic mass is 10.1. The van der Waals surface area contributed by atoms with Crippen LogP contribution in [0.4, 0.5) is 0 Å². The SMILES string of the molecule is Cc1cc(/C=C2/C(=N)N3N=C(CC(C)C)SC3=NC2=O)c(C)n1-c1ccccc1. The van der Waals surface area contributed by atoms with Crippen molar-refractivity contribution in [2.75, 3.05) is 0 Å². The van der Waals surface area contributed by atoms with Crippen molar-refractivity contribution in [3.63, 3.8) is 0 Å². The van der Waals surface area contributed by atoms with E-state index in [-0.39, 0.29) is 17.3 Å². The standard InChI is InChI=1S/C22H23N5OS/c1-13(2)10-19-25-27-20(23)18(21(28)24-22(27)29-19)12-16-11-14(3)26(15(16)4)17-8-6-5-7-9-17/h5-9,11-13,23H,10H2,1-4H3/b18-12-,23-20?. The molecule has 1 aromatic heterocycles. The van der Waals surface area contributed by atoms with Gasteiger partial charge in [0.25, 0.3) is 5.91 Å². The maximum absolute atomic E-state index is 12.7. The number of nitrogens with one attached hydrogen (secondary N) is 1. The minimum absolute atomic E-state index is 0.0794. The van der Waals surface area contributed by atoms with Gasteiger partial charge < -0.3 is 4.57 Å². The van der Waals surface area contributed by atoms with Crippen LogP contribution in [0, 0.1) is 25.2 Å². The molecule has 0 saturated carbocycles. The van der Waals surface area contributed by atoms with Crippen molar-refractivity contribution < 1.29 is 4.79 Å². The second-order valence-electron chi connectivity index (χ2n) is 7.61. The number of aryl methyl sites for hydroxylation is 1. The Hall–Kier alpha value is -2.93. The minimum Gasteiger partial charge on any atom is -0.318 e. The number of benzene rings is 1. The fraction of sp³-hybridized carbons (Fsp3) is 0.273. The summed E-state index contributed by atoms with van der Waals surface area (Å²) in [6, 6.07) is 12.1. The molecule has 2 aliphatic heterocycles. The van der Waals surface area contributed by atoms with Crippen molar-refractivity contribution in [2.24, 2.45) is 16.0 Å². The maximum atomic E-state index is 12.7. The summed E-state index contributed by atoms with van der Waals surface area (Å²) in [7, 11) is 0. The lowest BCUT2D eigenvalue weighted by Gasteiger charge is -2.20. The van der Waals surface area contributed by atoms with Gasteiger partial charge in [0.1, 0.15) is 5.04 Å². The molecule has 0 unspecified atom stereocenters. The first kappa shape index (κ1) is 19.4. The van der Waals surface area contributed by atoms with Crippen LogP contribution < -0.4 is 0 Å². The van der Waals surface area contributed by atoms with E-state index < -0.39 is 0 Å². The zero-order chi connectivity index (χ0) is 20.7. The van der Waals surface area contributed by atoms with Crippen LogP contribution in [0.3, 0.4) is 0 Å². The molecule has 1 N–H and O–H groups in total. The van der Waals surface area contributed by atoms with Gasteiger partial charge in [0.05, 0.1) is 5.57 Å². The van der Waals surface area contributed by atoms with E-state index in [0.29, 0.717) is 11.1 Å². The van der Waals surface area contributed by atoms with E-state index in [1.165, 1.54) is 16.8 Å². The largest absolute Gasteiger partial charge is 0.318 e. The number of amides is 1. The van der Waals surface area contributed by atoms with Crippen LogP contribution in [0.25, 0.3) is 11.8 Å². The minimum atomic E-state index is -0.390. The van der Waals surface area contributed by atoms with Crippen LogP contribution in [0.2, 0.25) is 0 Å². The molecule has 0 radical (unpaired) electrons. The molecule has 29 heavy (non-hydrogen) atoms. The molecule has 0 saturated heterocycles. The van der Waals surface area contributed by atoms with E-state index in [2.05, 4.69) is 28.5 Å². The van der Waals surface area contributed by atoms with Crippen molar-refractivity contribution in [3.8, 4) is 5.69 Å². The van der Waals surface area contributed by atoms with Crippen LogP contribution in [0.1, 0.15) is 37.2 Å². The van der Waals surface area contributed by atoms with Gasteiger partial charge in [-0.2, -0.15) is 15.1 Å².